The summed E-state index contributed by atoms with van der Waals surface area (Å²) in [5.74, 6) is -0.865. The van der Waals surface area contributed by atoms with E-state index in [9.17, 15) is 15.0 Å². The number of carboxylic acid groups (broad SMARTS) is 1. The molecule has 0 aromatic heterocycles. The lowest BCUT2D eigenvalue weighted by Gasteiger charge is -2.04. The second-order valence-electron chi connectivity index (χ2n) is 6.18. The molecule has 2 N–H and O–H groups in total. The average molecular weight is 355 g/mol. The molecule has 0 amide bonds. The molecule has 2 rings (SSSR count). The summed E-state index contributed by atoms with van der Waals surface area (Å²) in [5.41, 5.74) is 2.20. The minimum absolute atomic E-state index is 0.0480. The van der Waals surface area contributed by atoms with Crippen molar-refractivity contribution in [3.8, 4) is 5.75 Å². The van der Waals surface area contributed by atoms with Crippen LogP contribution >= 0.6 is 0 Å². The van der Waals surface area contributed by atoms with E-state index in [1.807, 2.05) is 18.2 Å². The maximum absolute atomic E-state index is 11.2. The number of aryl methyl sites for hydroxylation is 1. The third kappa shape index (κ3) is 7.38. The van der Waals surface area contributed by atoms with Crippen molar-refractivity contribution in [1.29, 1.82) is 0 Å². The Morgan fingerprint density at radius 2 is 1.58 bits per heavy atom. The first-order valence-corrected chi connectivity index (χ1v) is 8.89. The number of rotatable bonds is 11. The third-order valence-electron chi connectivity index (χ3n) is 4.06. The van der Waals surface area contributed by atoms with Crippen LogP contribution in [0.5, 0.6) is 5.75 Å². The first kappa shape index (κ1) is 19.5. The number of hydrogen-bond donors (Lipinski definition) is 2. The van der Waals surface area contributed by atoms with Crippen molar-refractivity contribution in [1.82, 2.24) is 0 Å². The molecular formula is C21H25NO4. The van der Waals surface area contributed by atoms with E-state index in [1.54, 1.807) is 24.3 Å². The highest BCUT2D eigenvalue weighted by molar-refractivity contribution is 6.35. The molecule has 0 saturated carbocycles. The van der Waals surface area contributed by atoms with Crippen molar-refractivity contribution in [3.05, 3.63) is 65.7 Å². The van der Waals surface area contributed by atoms with Crippen LogP contribution in [0, 0.1) is 0 Å². The van der Waals surface area contributed by atoms with E-state index in [2.05, 4.69) is 17.3 Å². The first-order valence-electron chi connectivity index (χ1n) is 8.89. The molecule has 0 saturated heterocycles. The van der Waals surface area contributed by atoms with Gasteiger partial charge >= 0.3 is 5.97 Å². The number of aromatic hydroxyl groups is 1. The molecule has 0 aliphatic rings. The van der Waals surface area contributed by atoms with Crippen molar-refractivity contribution in [2.75, 3.05) is 0 Å². The topological polar surface area (TPSA) is 79.1 Å². The maximum atomic E-state index is 11.2. The smallest absolute Gasteiger partial charge is 0.353 e. The van der Waals surface area contributed by atoms with Gasteiger partial charge in [-0.1, -0.05) is 60.5 Å². The fraction of sp³-hybridized carbons (Fsp3) is 0.333. The second kappa shape index (κ2) is 10.9. The van der Waals surface area contributed by atoms with Crippen LogP contribution in [-0.2, 0) is 22.7 Å². The van der Waals surface area contributed by atoms with Crippen molar-refractivity contribution < 1.29 is 19.8 Å². The Kier molecular flexibility index (Phi) is 8.19. The van der Waals surface area contributed by atoms with E-state index in [-0.39, 0.29) is 18.1 Å². The monoisotopic (exact) mass is 355 g/mol. The Morgan fingerprint density at radius 3 is 2.27 bits per heavy atom. The molecule has 0 aliphatic carbocycles. The zero-order valence-electron chi connectivity index (χ0n) is 14.8. The van der Waals surface area contributed by atoms with Gasteiger partial charge in [-0.25, -0.2) is 4.79 Å². The van der Waals surface area contributed by atoms with Crippen LogP contribution in [0.15, 0.2) is 59.8 Å². The maximum Gasteiger partial charge on any atom is 0.353 e. The molecular weight excluding hydrogens is 330 g/mol. The SMILES string of the molecule is O=C(O)C(CCCCCCc1ccccc1)=NOCc1ccc(O)cc1. The van der Waals surface area contributed by atoms with Gasteiger partial charge in [-0.05, 0) is 42.5 Å². The van der Waals surface area contributed by atoms with Crippen molar-refractivity contribution in [2.24, 2.45) is 5.16 Å². The van der Waals surface area contributed by atoms with Crippen LogP contribution in [0.25, 0.3) is 0 Å². The molecule has 0 atom stereocenters. The lowest BCUT2D eigenvalue weighted by molar-refractivity contribution is -0.129. The summed E-state index contributed by atoms with van der Waals surface area (Å²) >= 11 is 0. The number of phenols is 1. The molecule has 2 aromatic carbocycles. The Labute approximate surface area is 153 Å². The summed E-state index contributed by atoms with van der Waals surface area (Å²) in [6, 6.07) is 16.9. The zero-order chi connectivity index (χ0) is 18.6. The number of nitrogens with zero attached hydrogens (tertiary/aromatic N) is 1. The number of oxime groups is 1. The minimum atomic E-state index is -1.04. The minimum Gasteiger partial charge on any atom is -0.508 e. The highest BCUT2D eigenvalue weighted by Gasteiger charge is 2.10. The van der Waals surface area contributed by atoms with Crippen LogP contribution < -0.4 is 0 Å². The van der Waals surface area contributed by atoms with Gasteiger partial charge in [0.25, 0.3) is 0 Å². The number of phenolic OH excluding ortho intramolecular Hbond substituents is 1. The standard InChI is InChI=1S/C21H25NO4/c23-19-14-12-18(13-15-19)16-26-22-20(21(24)25)11-7-2-1-4-8-17-9-5-3-6-10-17/h3,5-6,9-10,12-15,23H,1-2,4,7-8,11,16H2,(H,24,25). The van der Waals surface area contributed by atoms with Gasteiger partial charge in [0.2, 0.25) is 0 Å². The molecule has 0 aliphatic heterocycles. The molecule has 5 heteroatoms. The van der Waals surface area contributed by atoms with Gasteiger partial charge in [0.1, 0.15) is 12.4 Å². The second-order valence-corrected chi connectivity index (χ2v) is 6.18. The van der Waals surface area contributed by atoms with Crippen LogP contribution in [0.3, 0.4) is 0 Å². The molecule has 5 nitrogen and oxygen atoms in total. The van der Waals surface area contributed by atoms with E-state index in [0.29, 0.717) is 6.42 Å². The quantitative estimate of drug-likeness (QED) is 0.352. The summed E-state index contributed by atoms with van der Waals surface area (Å²) in [5, 5.41) is 22.2. The van der Waals surface area contributed by atoms with Gasteiger partial charge < -0.3 is 15.1 Å². The highest BCUT2D eigenvalue weighted by atomic mass is 16.6. The van der Waals surface area contributed by atoms with E-state index < -0.39 is 5.97 Å². The Bertz CT molecular complexity index is 696. The summed E-state index contributed by atoms with van der Waals surface area (Å²) in [6.07, 6.45) is 5.36. The molecule has 0 unspecified atom stereocenters. The average Bonchev–Trinajstić information content (AvgIpc) is 2.65. The fourth-order valence-electron chi connectivity index (χ4n) is 2.59. The number of carboxylic acids is 1. The van der Waals surface area contributed by atoms with Gasteiger partial charge in [0, 0.05) is 6.42 Å². The molecule has 0 fully saturated rings. The first-order chi connectivity index (χ1) is 12.6. The van der Waals surface area contributed by atoms with Crippen LogP contribution in [0.2, 0.25) is 0 Å². The molecule has 138 valence electrons. The number of hydrogen-bond acceptors (Lipinski definition) is 4. The predicted octanol–water partition coefficient (Wildman–Crippen LogP) is 4.54. The van der Waals surface area contributed by atoms with Crippen LogP contribution in [-0.4, -0.2) is 21.9 Å². The van der Waals surface area contributed by atoms with Crippen molar-refractivity contribution in [3.63, 3.8) is 0 Å². The lowest BCUT2D eigenvalue weighted by Crippen LogP contribution is -2.13. The highest BCUT2D eigenvalue weighted by Crippen LogP contribution is 2.12. The summed E-state index contributed by atoms with van der Waals surface area (Å²) in [6.45, 7) is 0.175. The van der Waals surface area contributed by atoms with E-state index in [0.717, 1.165) is 37.7 Å². The Morgan fingerprint density at radius 1 is 0.885 bits per heavy atom. The van der Waals surface area contributed by atoms with Gasteiger partial charge in [-0.2, -0.15) is 0 Å². The van der Waals surface area contributed by atoms with Gasteiger partial charge in [-0.15, -0.1) is 0 Å². The zero-order valence-corrected chi connectivity index (χ0v) is 14.8. The van der Waals surface area contributed by atoms with E-state index in [1.165, 1.54) is 5.56 Å². The normalized spacial score (nSPS) is 11.3. The predicted molar refractivity (Wildman–Crippen MR) is 101 cm³/mol. The largest absolute Gasteiger partial charge is 0.508 e. The van der Waals surface area contributed by atoms with Crippen molar-refractivity contribution in [2.45, 2.75) is 45.1 Å². The molecule has 26 heavy (non-hydrogen) atoms. The third-order valence-corrected chi connectivity index (χ3v) is 4.06. The molecule has 2 aromatic rings. The van der Waals surface area contributed by atoms with Gasteiger partial charge in [-0.3, -0.25) is 0 Å². The van der Waals surface area contributed by atoms with Crippen molar-refractivity contribution >= 4 is 11.7 Å². The summed E-state index contributed by atoms with van der Waals surface area (Å²) in [7, 11) is 0. The number of benzene rings is 2. The van der Waals surface area contributed by atoms with E-state index in [4.69, 9.17) is 4.84 Å². The molecule has 0 spiro atoms. The summed E-state index contributed by atoms with van der Waals surface area (Å²) in [4.78, 5) is 16.4. The number of unbranched alkanes of at least 4 members (excludes halogenated alkanes) is 3. The van der Waals surface area contributed by atoms with Gasteiger partial charge in [0.05, 0.1) is 0 Å². The number of aliphatic carboxylic acids is 1. The number of carbonyl (C=O) groups is 1. The Balaban J connectivity index is 1.65. The molecule has 0 bridgehead atoms. The summed E-state index contributed by atoms with van der Waals surface area (Å²) < 4.78 is 0. The van der Waals surface area contributed by atoms with E-state index >= 15 is 0 Å². The van der Waals surface area contributed by atoms with Crippen LogP contribution in [0.1, 0.15) is 43.2 Å². The fourth-order valence-corrected chi connectivity index (χ4v) is 2.59. The molecule has 0 radical (unpaired) electrons. The molecule has 0 heterocycles. The Hall–Kier alpha value is -2.82. The van der Waals surface area contributed by atoms with Crippen LogP contribution in [0.4, 0.5) is 0 Å². The van der Waals surface area contributed by atoms with Gasteiger partial charge in [0.15, 0.2) is 5.71 Å². The lowest BCUT2D eigenvalue weighted by atomic mass is 10.0.